The number of benzene rings is 1. The standard InChI is InChI=1S/C17H24O2/c1-5-7-9-15(6-2)13-19-17-11-8-10-16(12-17)14(3)18-4/h3,8,10,12,15H,5-7,9,13H2,1-2,4H3/t15-/m0/s1. The Bertz CT molecular complexity index is 385. The summed E-state index contributed by atoms with van der Waals surface area (Å²) in [5.41, 5.74) is 0.831. The Morgan fingerprint density at radius 1 is 1.42 bits per heavy atom. The second-order valence-corrected chi connectivity index (χ2v) is 4.74. The molecule has 0 aliphatic carbocycles. The highest BCUT2D eigenvalue weighted by molar-refractivity contribution is 5.57. The van der Waals surface area contributed by atoms with Gasteiger partial charge < -0.3 is 9.47 Å². The van der Waals surface area contributed by atoms with E-state index in [9.17, 15) is 0 Å². The summed E-state index contributed by atoms with van der Waals surface area (Å²) in [4.78, 5) is 0. The molecule has 104 valence electrons. The van der Waals surface area contributed by atoms with Crippen LogP contribution < -0.4 is 4.74 Å². The Labute approximate surface area is 117 Å². The Balaban J connectivity index is 2.54. The first-order chi connectivity index (χ1) is 9.21. The minimum Gasteiger partial charge on any atom is -0.496 e. The van der Waals surface area contributed by atoms with Crippen molar-refractivity contribution < 1.29 is 9.47 Å². The molecule has 0 spiro atoms. The molecule has 0 unspecified atom stereocenters. The molecule has 0 amide bonds. The molecule has 0 aliphatic rings. The average Bonchev–Trinajstić information content (AvgIpc) is 2.47. The lowest BCUT2D eigenvalue weighted by molar-refractivity contribution is 0.233. The molecule has 0 aromatic heterocycles. The summed E-state index contributed by atoms with van der Waals surface area (Å²) in [5.74, 6) is 1.74. The average molecular weight is 260 g/mol. The van der Waals surface area contributed by atoms with E-state index in [1.165, 1.54) is 19.3 Å². The van der Waals surface area contributed by atoms with Crippen LogP contribution in [0.4, 0.5) is 0 Å². The molecule has 0 saturated heterocycles. The fourth-order valence-electron chi connectivity index (χ4n) is 1.90. The van der Waals surface area contributed by atoms with Crippen LogP contribution in [-0.4, -0.2) is 13.7 Å². The third kappa shape index (κ3) is 5.37. The predicted octanol–water partition coefficient (Wildman–Crippen LogP) is 4.50. The molecule has 0 fully saturated rings. The SMILES string of the molecule is [CH]=C(OC)c1cc[c]c(OC[C@@H](CC)CCCC)c1. The third-order valence-electron chi connectivity index (χ3n) is 3.30. The van der Waals surface area contributed by atoms with Crippen LogP contribution in [0.3, 0.4) is 0 Å². The smallest absolute Gasteiger partial charge is 0.127 e. The van der Waals surface area contributed by atoms with E-state index in [2.05, 4.69) is 19.9 Å². The van der Waals surface area contributed by atoms with Gasteiger partial charge in [-0.15, -0.1) is 0 Å². The fraction of sp³-hybridized carbons (Fsp3) is 0.529. The molecule has 0 heterocycles. The van der Waals surface area contributed by atoms with Crippen LogP contribution in [0.2, 0.25) is 0 Å². The van der Waals surface area contributed by atoms with Crippen LogP contribution in [-0.2, 0) is 4.74 Å². The lowest BCUT2D eigenvalue weighted by Gasteiger charge is -2.16. The van der Waals surface area contributed by atoms with Gasteiger partial charge in [0.05, 0.1) is 13.7 Å². The van der Waals surface area contributed by atoms with Crippen molar-refractivity contribution in [3.63, 3.8) is 0 Å². The van der Waals surface area contributed by atoms with Gasteiger partial charge in [0.2, 0.25) is 0 Å². The van der Waals surface area contributed by atoms with Crippen LogP contribution >= 0.6 is 0 Å². The van der Waals surface area contributed by atoms with Crippen LogP contribution in [0.1, 0.15) is 45.1 Å². The number of ether oxygens (including phenoxy) is 2. The number of methoxy groups -OCH3 is 1. The van der Waals surface area contributed by atoms with E-state index in [0.717, 1.165) is 24.3 Å². The van der Waals surface area contributed by atoms with Crippen LogP contribution in [0.5, 0.6) is 5.75 Å². The Morgan fingerprint density at radius 3 is 2.84 bits per heavy atom. The molecule has 1 aromatic rings. The summed E-state index contributed by atoms with van der Waals surface area (Å²) in [5, 5.41) is 0. The van der Waals surface area contributed by atoms with Crippen molar-refractivity contribution in [1.29, 1.82) is 0 Å². The molecule has 0 aliphatic heterocycles. The first-order valence-electron chi connectivity index (χ1n) is 7.02. The van der Waals surface area contributed by atoms with Crippen molar-refractivity contribution >= 4 is 5.76 Å². The van der Waals surface area contributed by atoms with Gasteiger partial charge in [-0.3, -0.25) is 0 Å². The van der Waals surface area contributed by atoms with E-state index < -0.39 is 0 Å². The van der Waals surface area contributed by atoms with Crippen LogP contribution in [0.15, 0.2) is 18.2 Å². The topological polar surface area (TPSA) is 18.5 Å². The fourth-order valence-corrected chi connectivity index (χ4v) is 1.90. The normalized spacial score (nSPS) is 11.9. The predicted molar refractivity (Wildman–Crippen MR) is 78.8 cm³/mol. The summed E-state index contributed by atoms with van der Waals surface area (Å²) in [7, 11) is 1.56. The van der Waals surface area contributed by atoms with E-state index in [0.29, 0.717) is 11.7 Å². The summed E-state index contributed by atoms with van der Waals surface area (Å²) >= 11 is 0. The van der Waals surface area contributed by atoms with Crippen molar-refractivity contribution in [2.75, 3.05) is 13.7 Å². The molecule has 19 heavy (non-hydrogen) atoms. The molecule has 1 atom stereocenters. The van der Waals surface area contributed by atoms with Crippen LogP contribution in [0, 0.1) is 18.6 Å². The molecule has 1 aromatic carbocycles. The summed E-state index contributed by atoms with van der Waals surface area (Å²) < 4.78 is 10.8. The van der Waals surface area contributed by atoms with E-state index in [4.69, 9.17) is 16.1 Å². The molecule has 1 rings (SSSR count). The van der Waals surface area contributed by atoms with Gasteiger partial charge >= 0.3 is 0 Å². The maximum atomic E-state index is 5.81. The van der Waals surface area contributed by atoms with Gasteiger partial charge in [-0.05, 0) is 31.1 Å². The van der Waals surface area contributed by atoms with Crippen molar-refractivity contribution in [2.24, 2.45) is 5.92 Å². The quantitative estimate of drug-likeness (QED) is 0.608. The first-order valence-corrected chi connectivity index (χ1v) is 7.02. The van der Waals surface area contributed by atoms with Gasteiger partial charge in [0.15, 0.2) is 0 Å². The highest BCUT2D eigenvalue weighted by Crippen LogP contribution is 2.20. The number of rotatable bonds is 9. The minimum atomic E-state index is 0.400. The first kappa shape index (κ1) is 15.6. The van der Waals surface area contributed by atoms with Gasteiger partial charge in [-0.25, -0.2) is 0 Å². The Morgan fingerprint density at radius 2 is 2.21 bits per heavy atom. The Hall–Kier alpha value is -1.44. The summed E-state index contributed by atoms with van der Waals surface area (Å²) in [6, 6.07) is 8.61. The summed E-state index contributed by atoms with van der Waals surface area (Å²) in [6.45, 7) is 10.9. The molecule has 2 radical (unpaired) electrons. The van der Waals surface area contributed by atoms with Crippen molar-refractivity contribution in [3.05, 3.63) is 36.4 Å². The number of hydrogen-bond donors (Lipinski definition) is 0. The van der Waals surface area contributed by atoms with E-state index in [-0.39, 0.29) is 0 Å². The number of unbranched alkanes of at least 4 members (excludes halogenated alkanes) is 1. The molecular weight excluding hydrogens is 236 g/mol. The van der Waals surface area contributed by atoms with Crippen LogP contribution in [0.25, 0.3) is 5.76 Å². The largest absolute Gasteiger partial charge is 0.496 e. The van der Waals surface area contributed by atoms with Crippen molar-refractivity contribution in [3.8, 4) is 5.75 Å². The van der Waals surface area contributed by atoms with Gasteiger partial charge in [0.25, 0.3) is 0 Å². The zero-order chi connectivity index (χ0) is 14.1. The van der Waals surface area contributed by atoms with Crippen molar-refractivity contribution in [2.45, 2.75) is 39.5 Å². The van der Waals surface area contributed by atoms with Gasteiger partial charge in [-0.1, -0.05) is 39.2 Å². The lowest BCUT2D eigenvalue weighted by Crippen LogP contribution is -2.11. The summed E-state index contributed by atoms with van der Waals surface area (Å²) in [6.07, 6.45) is 4.86. The second-order valence-electron chi connectivity index (χ2n) is 4.74. The highest BCUT2D eigenvalue weighted by Gasteiger charge is 2.08. The minimum absolute atomic E-state index is 0.400. The lowest BCUT2D eigenvalue weighted by atomic mass is 10.0. The second kappa shape index (κ2) is 8.63. The van der Waals surface area contributed by atoms with Gasteiger partial charge in [-0.2, -0.15) is 0 Å². The zero-order valence-electron chi connectivity index (χ0n) is 12.2. The molecule has 0 N–H and O–H groups in total. The monoisotopic (exact) mass is 260 g/mol. The molecule has 2 nitrogen and oxygen atoms in total. The van der Waals surface area contributed by atoms with Gasteiger partial charge in [0.1, 0.15) is 11.5 Å². The van der Waals surface area contributed by atoms with Gasteiger partial charge in [0, 0.05) is 11.6 Å². The molecule has 2 heteroatoms. The van der Waals surface area contributed by atoms with E-state index >= 15 is 0 Å². The van der Waals surface area contributed by atoms with Crippen molar-refractivity contribution in [1.82, 2.24) is 0 Å². The maximum absolute atomic E-state index is 5.81. The third-order valence-corrected chi connectivity index (χ3v) is 3.30. The molecule has 0 bridgehead atoms. The molecular formula is C17H24O2. The van der Waals surface area contributed by atoms with E-state index in [1.54, 1.807) is 7.11 Å². The number of hydrogen-bond acceptors (Lipinski definition) is 2. The highest BCUT2D eigenvalue weighted by atomic mass is 16.5. The zero-order valence-corrected chi connectivity index (χ0v) is 12.2. The van der Waals surface area contributed by atoms with E-state index in [1.807, 2.05) is 18.2 Å². The maximum Gasteiger partial charge on any atom is 0.127 e. The molecule has 0 saturated carbocycles. The Kier molecular flexibility index (Phi) is 7.09.